The highest BCUT2D eigenvalue weighted by Gasteiger charge is 2.51. The number of rotatable bonds is 10. The molecule has 4 aliphatic carbocycles. The summed E-state index contributed by atoms with van der Waals surface area (Å²) in [6.07, 6.45) is 8.77. The summed E-state index contributed by atoms with van der Waals surface area (Å²) in [6.45, 7) is 4.86. The highest BCUT2D eigenvalue weighted by Crippen LogP contribution is 2.60. The van der Waals surface area contributed by atoms with Gasteiger partial charge in [-0.2, -0.15) is 0 Å². The van der Waals surface area contributed by atoms with Crippen LogP contribution in [0, 0.1) is 23.6 Å². The third kappa shape index (κ3) is 6.45. The largest absolute Gasteiger partial charge is 0.352 e. The molecule has 0 saturated heterocycles. The van der Waals surface area contributed by atoms with Crippen molar-refractivity contribution in [3.63, 3.8) is 0 Å². The molecule has 2 amide bonds. The van der Waals surface area contributed by atoms with E-state index in [0.717, 1.165) is 28.3 Å². The smallest absolute Gasteiger partial charge is 0.244 e. The summed E-state index contributed by atoms with van der Waals surface area (Å²) < 4.78 is 40.6. The van der Waals surface area contributed by atoms with E-state index >= 15 is 0 Å². The Bertz CT molecular complexity index is 1340. The maximum atomic E-state index is 13.7. The first-order chi connectivity index (χ1) is 19.3. The number of nitrogens with one attached hydrogen (secondary N) is 1. The summed E-state index contributed by atoms with van der Waals surface area (Å²) in [5.41, 5.74) is 2.52. The van der Waals surface area contributed by atoms with Crippen molar-refractivity contribution in [1.29, 1.82) is 0 Å². The zero-order valence-electron chi connectivity index (χ0n) is 24.5. The lowest BCUT2D eigenvalue weighted by molar-refractivity contribution is -0.139. The Labute approximate surface area is 243 Å². The number of hydrogen-bond acceptors (Lipinski definition) is 4. The summed E-state index contributed by atoms with van der Waals surface area (Å²) in [4.78, 5) is 28.0. The molecule has 1 unspecified atom stereocenters. The monoisotopic (exact) mass is 583 g/mol. The van der Waals surface area contributed by atoms with Gasteiger partial charge in [-0.05, 0) is 118 Å². The summed E-state index contributed by atoms with van der Waals surface area (Å²) in [5, 5.41) is 2.82. The fourth-order valence-electron chi connectivity index (χ4n) is 7.83. The zero-order chi connectivity index (χ0) is 29.5. The molecule has 0 heterocycles. The second-order valence-electron chi connectivity index (χ2n) is 13.0. The number of amides is 2. The van der Waals surface area contributed by atoms with Gasteiger partial charge in [-0.1, -0.05) is 24.3 Å². The second-order valence-corrected chi connectivity index (χ2v) is 14.9. The number of carbonyl (C=O) groups is 2. The molecule has 0 radical (unpaired) electrons. The normalized spacial score (nSPS) is 25.7. The summed E-state index contributed by atoms with van der Waals surface area (Å²) >= 11 is 0. The molecule has 0 spiro atoms. The number of carbonyl (C=O) groups excluding carboxylic acids is 2. The SMILES string of the molecule is CC(C)NC(=O)C(C)N(Cc1ccc(F)cc1)C(=O)CN(c1ccc(C23CC4CC(CC(C4)C2)C3)cc1)S(C)(=O)=O. The number of benzene rings is 2. The number of anilines is 1. The van der Waals surface area contributed by atoms with Gasteiger partial charge < -0.3 is 10.2 Å². The topological polar surface area (TPSA) is 86.8 Å². The van der Waals surface area contributed by atoms with Crippen molar-refractivity contribution in [2.75, 3.05) is 17.1 Å². The Morgan fingerprint density at radius 2 is 1.46 bits per heavy atom. The van der Waals surface area contributed by atoms with Crippen molar-refractivity contribution >= 4 is 27.5 Å². The maximum Gasteiger partial charge on any atom is 0.244 e. The van der Waals surface area contributed by atoms with Crippen LogP contribution >= 0.6 is 0 Å². The molecule has 2 aromatic carbocycles. The predicted octanol–water partition coefficient (Wildman–Crippen LogP) is 5.00. The Hall–Kier alpha value is -2.94. The van der Waals surface area contributed by atoms with Crippen LogP contribution < -0.4 is 9.62 Å². The van der Waals surface area contributed by atoms with E-state index in [9.17, 15) is 22.4 Å². The standard InChI is InChI=1S/C32H42FN3O4S/c1-21(2)34-31(38)22(3)35(19-23-5-9-28(33)10-6-23)30(37)20-36(41(4,39)40)29-11-7-27(8-12-29)32-16-24-13-25(17-32)15-26(14-24)18-32/h5-12,21-22,24-26H,13-20H2,1-4H3,(H,34,38). The van der Waals surface area contributed by atoms with E-state index in [-0.39, 0.29) is 23.9 Å². The van der Waals surface area contributed by atoms with Crippen molar-refractivity contribution in [3.8, 4) is 0 Å². The van der Waals surface area contributed by atoms with E-state index in [1.165, 1.54) is 61.1 Å². The van der Waals surface area contributed by atoms with Gasteiger partial charge in [-0.3, -0.25) is 13.9 Å². The molecule has 4 aliphatic rings. The Balaban J connectivity index is 1.38. The number of halogens is 1. The van der Waals surface area contributed by atoms with Crippen molar-refractivity contribution in [2.24, 2.45) is 17.8 Å². The van der Waals surface area contributed by atoms with Crippen molar-refractivity contribution < 1.29 is 22.4 Å². The van der Waals surface area contributed by atoms with Crippen LogP contribution in [0.5, 0.6) is 0 Å². The molecular formula is C32H42FN3O4S. The third-order valence-electron chi connectivity index (χ3n) is 9.35. The summed E-state index contributed by atoms with van der Waals surface area (Å²) in [6, 6.07) is 12.5. The highest BCUT2D eigenvalue weighted by molar-refractivity contribution is 7.92. The van der Waals surface area contributed by atoms with Crippen LogP contribution in [0.2, 0.25) is 0 Å². The van der Waals surface area contributed by atoms with E-state index in [1.807, 2.05) is 26.0 Å². The van der Waals surface area contributed by atoms with E-state index in [1.54, 1.807) is 19.1 Å². The van der Waals surface area contributed by atoms with E-state index in [4.69, 9.17) is 0 Å². The Morgan fingerprint density at radius 3 is 1.95 bits per heavy atom. The molecule has 0 aliphatic heterocycles. The van der Waals surface area contributed by atoms with E-state index in [2.05, 4.69) is 17.4 Å². The minimum Gasteiger partial charge on any atom is -0.352 e. The molecule has 222 valence electrons. The molecule has 6 rings (SSSR count). The molecule has 4 fully saturated rings. The Kier molecular flexibility index (Phi) is 8.21. The van der Waals surface area contributed by atoms with Crippen molar-refractivity contribution in [2.45, 2.75) is 83.3 Å². The summed E-state index contributed by atoms with van der Waals surface area (Å²) in [7, 11) is -3.81. The molecule has 41 heavy (non-hydrogen) atoms. The van der Waals surface area contributed by atoms with Gasteiger partial charge in [0.05, 0.1) is 11.9 Å². The lowest BCUT2D eigenvalue weighted by atomic mass is 9.48. The quantitative estimate of drug-likeness (QED) is 0.427. The van der Waals surface area contributed by atoms with Gasteiger partial charge >= 0.3 is 0 Å². The number of hydrogen-bond donors (Lipinski definition) is 1. The molecule has 2 aromatic rings. The maximum absolute atomic E-state index is 13.7. The van der Waals surface area contributed by atoms with Gasteiger partial charge in [0.1, 0.15) is 18.4 Å². The molecule has 1 atom stereocenters. The van der Waals surface area contributed by atoms with Crippen LogP contribution in [-0.2, 0) is 31.6 Å². The van der Waals surface area contributed by atoms with Gasteiger partial charge in [0.15, 0.2) is 0 Å². The molecule has 4 saturated carbocycles. The fraction of sp³-hybridized carbons (Fsp3) is 0.562. The number of sulfonamides is 1. The van der Waals surface area contributed by atoms with Gasteiger partial charge in [0, 0.05) is 12.6 Å². The van der Waals surface area contributed by atoms with Crippen LogP contribution in [0.15, 0.2) is 48.5 Å². The number of nitrogens with zero attached hydrogens (tertiary/aromatic N) is 2. The van der Waals surface area contributed by atoms with Crippen LogP contribution in [0.25, 0.3) is 0 Å². The molecule has 9 heteroatoms. The third-order valence-corrected chi connectivity index (χ3v) is 10.5. The van der Waals surface area contributed by atoms with Gasteiger partial charge in [0.25, 0.3) is 0 Å². The minimum atomic E-state index is -3.81. The van der Waals surface area contributed by atoms with Crippen molar-refractivity contribution in [3.05, 3.63) is 65.5 Å². The first kappa shape index (κ1) is 29.5. The second kappa shape index (κ2) is 11.4. The van der Waals surface area contributed by atoms with Crippen LogP contribution in [0.3, 0.4) is 0 Å². The van der Waals surface area contributed by atoms with Crippen LogP contribution in [-0.4, -0.2) is 50.0 Å². The first-order valence-electron chi connectivity index (χ1n) is 14.8. The highest BCUT2D eigenvalue weighted by atomic mass is 32.2. The predicted molar refractivity (Wildman–Crippen MR) is 158 cm³/mol. The molecule has 7 nitrogen and oxygen atoms in total. The minimum absolute atomic E-state index is 0.0361. The zero-order valence-corrected chi connectivity index (χ0v) is 25.3. The van der Waals surface area contributed by atoms with Crippen LogP contribution in [0.1, 0.15) is 70.4 Å². The first-order valence-corrected chi connectivity index (χ1v) is 16.6. The lowest BCUT2D eigenvalue weighted by Crippen LogP contribution is -2.52. The lowest BCUT2D eigenvalue weighted by Gasteiger charge is -2.57. The molecular weight excluding hydrogens is 541 g/mol. The summed E-state index contributed by atoms with van der Waals surface area (Å²) in [5.74, 6) is 1.13. The van der Waals surface area contributed by atoms with Crippen LogP contribution in [0.4, 0.5) is 10.1 Å². The average molecular weight is 584 g/mol. The van der Waals surface area contributed by atoms with Gasteiger partial charge in [-0.15, -0.1) is 0 Å². The fourth-order valence-corrected chi connectivity index (χ4v) is 8.68. The van der Waals surface area contributed by atoms with Gasteiger partial charge in [-0.25, -0.2) is 12.8 Å². The van der Waals surface area contributed by atoms with E-state index in [0.29, 0.717) is 11.3 Å². The van der Waals surface area contributed by atoms with Gasteiger partial charge in [0.2, 0.25) is 21.8 Å². The average Bonchev–Trinajstić information content (AvgIpc) is 2.89. The molecule has 4 bridgehead atoms. The van der Waals surface area contributed by atoms with E-state index < -0.39 is 34.3 Å². The molecule has 1 N–H and O–H groups in total. The Morgan fingerprint density at radius 1 is 0.927 bits per heavy atom. The molecule has 0 aromatic heterocycles. The van der Waals surface area contributed by atoms with Crippen molar-refractivity contribution in [1.82, 2.24) is 10.2 Å².